The van der Waals surface area contributed by atoms with Crippen molar-refractivity contribution >= 4 is 30.4 Å². The van der Waals surface area contributed by atoms with Crippen LogP contribution in [0.15, 0.2) is 90.2 Å². The van der Waals surface area contributed by atoms with Crippen molar-refractivity contribution in [3.05, 3.63) is 90.8 Å². The van der Waals surface area contributed by atoms with Crippen molar-refractivity contribution in [3.8, 4) is 12.3 Å². The molecule has 0 saturated heterocycles. The summed E-state index contributed by atoms with van der Waals surface area (Å²) in [6.45, 7) is 6.70. The molecule has 0 aliphatic carbocycles. The molecule has 6 nitrogen and oxygen atoms in total. The minimum Gasteiger partial charge on any atom is -0.451 e. The highest BCUT2D eigenvalue weighted by atomic mass is 28.4. The molecule has 4 rings (SSSR count). The average Bonchev–Trinajstić information content (AvgIpc) is 3.38. The van der Waals surface area contributed by atoms with E-state index in [1.807, 2.05) is 36.4 Å². The fraction of sp³-hybridized carbons (Fsp3) is 0.276. The zero-order valence-corrected chi connectivity index (χ0v) is 21.8. The maximum Gasteiger partial charge on any atom is 0.357 e. The molecule has 7 heteroatoms. The summed E-state index contributed by atoms with van der Waals surface area (Å²) in [6, 6.07) is 25.7. The lowest BCUT2D eigenvalue weighted by Gasteiger charge is -2.43. The first kappa shape index (κ1) is 25.4. The average molecular weight is 499 g/mol. The Labute approximate surface area is 213 Å². The predicted octanol–water partition coefficient (Wildman–Crippen LogP) is 3.96. The van der Waals surface area contributed by atoms with Crippen molar-refractivity contribution in [3.63, 3.8) is 0 Å². The Bertz CT molecular complexity index is 1200. The summed E-state index contributed by atoms with van der Waals surface area (Å²) < 4.78 is 12.9. The first-order chi connectivity index (χ1) is 17.3. The van der Waals surface area contributed by atoms with Crippen LogP contribution in [0.4, 0.5) is 0 Å². The number of nitrogens with zero attached hydrogens (tertiary/aromatic N) is 2. The highest BCUT2D eigenvalue weighted by Crippen LogP contribution is 2.37. The number of ether oxygens (including phenoxy) is 1. The van der Waals surface area contributed by atoms with E-state index in [1.54, 1.807) is 24.4 Å². The van der Waals surface area contributed by atoms with E-state index in [0.717, 1.165) is 10.4 Å². The summed E-state index contributed by atoms with van der Waals surface area (Å²) >= 11 is 0. The van der Waals surface area contributed by atoms with Crippen molar-refractivity contribution in [1.29, 1.82) is 0 Å². The van der Waals surface area contributed by atoms with Gasteiger partial charge in [-0.2, -0.15) is 0 Å². The van der Waals surface area contributed by atoms with Crippen molar-refractivity contribution in [2.75, 3.05) is 6.61 Å². The molecule has 1 aliphatic heterocycles. The molecule has 0 fully saturated rings. The van der Waals surface area contributed by atoms with E-state index >= 15 is 0 Å². The Morgan fingerprint density at radius 3 is 2.17 bits per heavy atom. The number of pyridine rings is 1. The van der Waals surface area contributed by atoms with Gasteiger partial charge in [0.2, 0.25) is 0 Å². The number of hydrogen-bond donors (Lipinski definition) is 0. The van der Waals surface area contributed by atoms with Crippen LogP contribution in [0.1, 0.15) is 37.7 Å². The molecule has 184 valence electrons. The van der Waals surface area contributed by atoms with Gasteiger partial charge in [0.1, 0.15) is 11.4 Å². The molecule has 0 N–H and O–H groups in total. The lowest BCUT2D eigenvalue weighted by molar-refractivity contribution is -0.0554. The Hall–Kier alpha value is -3.73. The van der Waals surface area contributed by atoms with E-state index in [1.165, 1.54) is 0 Å². The van der Waals surface area contributed by atoms with E-state index in [4.69, 9.17) is 20.4 Å². The summed E-state index contributed by atoms with van der Waals surface area (Å²) in [6.07, 6.45) is 6.16. The number of terminal acetylenes is 1. The zero-order valence-electron chi connectivity index (χ0n) is 20.8. The van der Waals surface area contributed by atoms with Crippen LogP contribution in [0.2, 0.25) is 5.04 Å². The smallest absolute Gasteiger partial charge is 0.357 e. The van der Waals surface area contributed by atoms with Crippen LogP contribution in [0, 0.1) is 12.3 Å². The molecule has 2 heterocycles. The molecule has 36 heavy (non-hydrogen) atoms. The SMILES string of the molecule is C#CC1=NO[C@H]([C@@H](CO[Si](c2ccccc2)(c2ccccc2)C(C)(C)C)OC(=O)c2ccccn2)C1. The summed E-state index contributed by atoms with van der Waals surface area (Å²) in [5.74, 6) is 1.97. The number of benzene rings is 2. The normalized spacial score (nSPS) is 16.4. The van der Waals surface area contributed by atoms with Gasteiger partial charge < -0.3 is 14.0 Å². The van der Waals surface area contributed by atoms with Crippen LogP contribution in [-0.2, 0) is 14.0 Å². The summed E-state index contributed by atoms with van der Waals surface area (Å²) in [4.78, 5) is 22.7. The molecule has 0 radical (unpaired) electrons. The molecule has 0 amide bonds. The van der Waals surface area contributed by atoms with Gasteiger partial charge in [-0.25, -0.2) is 9.78 Å². The molecule has 0 bridgehead atoms. The first-order valence-corrected chi connectivity index (χ1v) is 13.8. The molecule has 0 unspecified atom stereocenters. The van der Waals surface area contributed by atoms with E-state index in [9.17, 15) is 4.79 Å². The second-order valence-corrected chi connectivity index (χ2v) is 14.0. The Balaban J connectivity index is 1.70. The Kier molecular flexibility index (Phi) is 7.68. The highest BCUT2D eigenvalue weighted by Gasteiger charge is 2.51. The van der Waals surface area contributed by atoms with Crippen molar-refractivity contribution in [2.45, 2.75) is 44.4 Å². The van der Waals surface area contributed by atoms with Crippen LogP contribution in [0.5, 0.6) is 0 Å². The fourth-order valence-corrected chi connectivity index (χ4v) is 9.12. The number of carbonyl (C=O) groups is 1. The minimum absolute atomic E-state index is 0.115. The van der Waals surface area contributed by atoms with Crippen molar-refractivity contribution in [2.24, 2.45) is 5.16 Å². The van der Waals surface area contributed by atoms with E-state index < -0.39 is 26.5 Å². The number of aromatic nitrogens is 1. The molecule has 1 aromatic heterocycles. The number of hydrogen-bond acceptors (Lipinski definition) is 6. The lowest BCUT2D eigenvalue weighted by Crippen LogP contribution is -2.67. The highest BCUT2D eigenvalue weighted by molar-refractivity contribution is 6.99. The van der Waals surface area contributed by atoms with Gasteiger partial charge in [0.15, 0.2) is 12.2 Å². The van der Waals surface area contributed by atoms with Crippen LogP contribution < -0.4 is 10.4 Å². The number of oxime groups is 1. The van der Waals surface area contributed by atoms with Gasteiger partial charge in [0.25, 0.3) is 8.32 Å². The molecular formula is C29H30N2O4Si. The van der Waals surface area contributed by atoms with E-state index in [-0.39, 0.29) is 17.3 Å². The third-order valence-electron chi connectivity index (χ3n) is 6.29. The Morgan fingerprint density at radius 1 is 1.06 bits per heavy atom. The predicted molar refractivity (Wildman–Crippen MR) is 143 cm³/mol. The summed E-state index contributed by atoms with van der Waals surface area (Å²) in [5.41, 5.74) is 0.688. The standard InChI is InChI=1S/C29H30N2O4Si/c1-5-22-20-26(35-31-22)27(34-28(32)25-18-12-13-19-30-25)21-33-36(29(2,3)4,23-14-8-6-9-15-23)24-16-10-7-11-17-24/h1,6-19,26-27H,20-21H2,2-4H3/t26-,27+/m0/s1. The zero-order chi connectivity index (χ0) is 25.6. The largest absolute Gasteiger partial charge is 0.451 e. The second kappa shape index (κ2) is 10.9. The van der Waals surface area contributed by atoms with Crippen LogP contribution >= 0.6 is 0 Å². The van der Waals surface area contributed by atoms with Gasteiger partial charge in [-0.1, -0.05) is 98.6 Å². The number of esters is 1. The first-order valence-electron chi connectivity index (χ1n) is 11.9. The summed E-state index contributed by atoms with van der Waals surface area (Å²) in [5, 5.41) is 6.00. The summed E-state index contributed by atoms with van der Waals surface area (Å²) in [7, 11) is -2.86. The topological polar surface area (TPSA) is 70.0 Å². The van der Waals surface area contributed by atoms with Gasteiger partial charge in [-0.15, -0.1) is 6.42 Å². The van der Waals surface area contributed by atoms with Crippen LogP contribution in [0.3, 0.4) is 0 Å². The number of rotatable bonds is 8. The van der Waals surface area contributed by atoms with Gasteiger partial charge in [-0.3, -0.25) is 0 Å². The third kappa shape index (κ3) is 5.25. The lowest BCUT2D eigenvalue weighted by atomic mass is 10.1. The Morgan fingerprint density at radius 2 is 1.67 bits per heavy atom. The third-order valence-corrected chi connectivity index (χ3v) is 11.3. The van der Waals surface area contributed by atoms with Gasteiger partial charge >= 0.3 is 5.97 Å². The van der Waals surface area contributed by atoms with Crippen molar-refractivity contribution < 1.29 is 18.8 Å². The quantitative estimate of drug-likeness (QED) is 0.267. The molecule has 0 saturated carbocycles. The maximum absolute atomic E-state index is 13.0. The molecule has 3 aromatic rings. The molecular weight excluding hydrogens is 468 g/mol. The fourth-order valence-electron chi connectivity index (χ4n) is 4.55. The van der Waals surface area contributed by atoms with E-state index in [0.29, 0.717) is 12.1 Å². The van der Waals surface area contributed by atoms with Crippen molar-refractivity contribution in [1.82, 2.24) is 4.98 Å². The minimum atomic E-state index is -2.86. The van der Waals surface area contributed by atoms with Crippen LogP contribution in [-0.4, -0.2) is 43.8 Å². The van der Waals surface area contributed by atoms with E-state index in [2.05, 4.69) is 61.1 Å². The van der Waals surface area contributed by atoms with Crippen LogP contribution in [0.25, 0.3) is 0 Å². The molecule has 2 atom stereocenters. The molecule has 1 aliphatic rings. The second-order valence-electron chi connectivity index (χ2n) is 9.66. The number of carbonyl (C=O) groups excluding carboxylic acids is 1. The molecule has 0 spiro atoms. The van der Waals surface area contributed by atoms with Gasteiger partial charge in [0, 0.05) is 12.6 Å². The van der Waals surface area contributed by atoms with Gasteiger partial charge in [0.05, 0.1) is 6.61 Å². The monoisotopic (exact) mass is 498 g/mol. The molecule has 2 aromatic carbocycles. The maximum atomic E-state index is 13.0. The van der Waals surface area contributed by atoms with Gasteiger partial charge in [-0.05, 0) is 27.5 Å².